The van der Waals surface area contributed by atoms with Crippen molar-refractivity contribution >= 4 is 27.7 Å². The predicted octanol–water partition coefficient (Wildman–Crippen LogP) is 1.99. The van der Waals surface area contributed by atoms with Crippen molar-refractivity contribution in [2.45, 2.75) is 51.5 Å². The zero-order valence-electron chi connectivity index (χ0n) is 17.9. The molecule has 1 aromatic carbocycles. The number of rotatable bonds is 8. The number of benzene rings is 1. The quantitative estimate of drug-likeness (QED) is 0.491. The van der Waals surface area contributed by atoms with Crippen LogP contribution in [0.15, 0.2) is 29.2 Å². The number of piperidine rings is 1. The number of ether oxygens (including phenoxy) is 1. The molecule has 0 aliphatic carbocycles. The van der Waals surface area contributed by atoms with E-state index in [1.807, 2.05) is 0 Å². The number of nitrogens with zero attached hydrogens (tertiary/aromatic N) is 1. The maximum atomic E-state index is 12.5. The zero-order valence-corrected chi connectivity index (χ0v) is 18.7. The molecule has 1 fully saturated rings. The molecule has 0 spiro atoms. The van der Waals surface area contributed by atoms with Gasteiger partial charge in [-0.3, -0.25) is 14.4 Å². The summed E-state index contributed by atoms with van der Waals surface area (Å²) in [5.41, 5.74) is 0.283. The lowest BCUT2D eigenvalue weighted by molar-refractivity contribution is -0.160. The van der Waals surface area contributed by atoms with Crippen molar-refractivity contribution in [3.05, 3.63) is 29.8 Å². The van der Waals surface area contributed by atoms with Crippen LogP contribution < -0.4 is 4.72 Å². The van der Waals surface area contributed by atoms with Crippen molar-refractivity contribution in [2.24, 2.45) is 11.8 Å². The second kappa shape index (κ2) is 10.2. The molecule has 1 heterocycles. The monoisotopic (exact) mass is 438 g/mol. The topological polar surface area (TPSA) is 110 Å². The van der Waals surface area contributed by atoms with Crippen LogP contribution in [0.25, 0.3) is 0 Å². The highest BCUT2D eigenvalue weighted by Crippen LogP contribution is 2.22. The molecule has 30 heavy (non-hydrogen) atoms. The van der Waals surface area contributed by atoms with Crippen LogP contribution in [-0.2, 0) is 24.3 Å². The average molecular weight is 439 g/mol. The fourth-order valence-corrected chi connectivity index (χ4v) is 4.74. The second-order valence-corrected chi connectivity index (χ2v) is 9.82. The fraction of sp³-hybridized carbons (Fsp3) is 0.571. The van der Waals surface area contributed by atoms with Crippen molar-refractivity contribution in [3.63, 3.8) is 0 Å². The lowest BCUT2D eigenvalue weighted by atomic mass is 9.91. The third kappa shape index (κ3) is 6.63. The van der Waals surface area contributed by atoms with E-state index in [0.29, 0.717) is 24.9 Å². The first-order valence-corrected chi connectivity index (χ1v) is 11.6. The number of hydrogen-bond donors (Lipinski definition) is 1. The van der Waals surface area contributed by atoms with Crippen LogP contribution in [0.5, 0.6) is 0 Å². The minimum atomic E-state index is -3.87. The molecule has 1 amide bonds. The normalized spacial score (nSPS) is 20.5. The Bertz CT molecular complexity index is 889. The molecule has 0 aromatic heterocycles. The molecule has 0 unspecified atom stereocenters. The summed E-state index contributed by atoms with van der Waals surface area (Å²) in [5.74, 6) is -0.336. The Morgan fingerprint density at radius 2 is 1.83 bits per heavy atom. The van der Waals surface area contributed by atoms with Crippen molar-refractivity contribution < 1.29 is 27.5 Å². The Morgan fingerprint density at radius 1 is 1.20 bits per heavy atom. The van der Waals surface area contributed by atoms with E-state index in [2.05, 4.69) is 18.6 Å². The van der Waals surface area contributed by atoms with E-state index >= 15 is 0 Å². The molecule has 8 nitrogen and oxygen atoms in total. The molecule has 1 aliphatic heterocycles. The molecule has 1 saturated heterocycles. The minimum Gasteiger partial charge on any atom is -0.452 e. The first-order valence-electron chi connectivity index (χ1n) is 10.1. The molecular weight excluding hydrogens is 408 g/mol. The Balaban J connectivity index is 1.84. The summed E-state index contributed by atoms with van der Waals surface area (Å²) in [6, 6.07) is 5.66. The van der Waals surface area contributed by atoms with Gasteiger partial charge in [0.1, 0.15) is 0 Å². The maximum absolute atomic E-state index is 12.5. The van der Waals surface area contributed by atoms with E-state index in [9.17, 15) is 22.8 Å². The first-order chi connectivity index (χ1) is 14.0. The fourth-order valence-electron chi connectivity index (χ4n) is 3.66. The van der Waals surface area contributed by atoms with Gasteiger partial charge in [-0.05, 0) is 44.2 Å². The molecular formula is C21H30N2O6S. The number of amides is 1. The molecule has 1 aromatic rings. The highest BCUT2D eigenvalue weighted by Gasteiger charge is 2.30. The number of carbonyl (C=O) groups excluding carboxylic acids is 3. The van der Waals surface area contributed by atoms with Crippen LogP contribution in [0.3, 0.4) is 0 Å². The van der Waals surface area contributed by atoms with Crippen LogP contribution in [0, 0.1) is 11.8 Å². The van der Waals surface area contributed by atoms with E-state index in [1.54, 1.807) is 4.90 Å². The Morgan fingerprint density at radius 3 is 2.43 bits per heavy atom. The van der Waals surface area contributed by atoms with E-state index < -0.39 is 22.1 Å². The third-order valence-corrected chi connectivity index (χ3v) is 6.47. The molecule has 166 valence electrons. The van der Waals surface area contributed by atoms with Crippen molar-refractivity contribution in [1.82, 2.24) is 9.62 Å². The molecule has 0 saturated carbocycles. The van der Waals surface area contributed by atoms with Crippen molar-refractivity contribution in [3.8, 4) is 0 Å². The SMILES string of the molecule is CC(=O)c1cccc(S(=O)(=O)NCCC(=O)O[C@@H](C)C(=O)N2C[C@H](C)C[C@@H](C)C2)c1. The van der Waals surface area contributed by atoms with Gasteiger partial charge in [0.15, 0.2) is 11.9 Å². The maximum Gasteiger partial charge on any atom is 0.307 e. The molecule has 0 bridgehead atoms. The van der Waals surface area contributed by atoms with E-state index in [4.69, 9.17) is 4.74 Å². The number of sulfonamides is 1. The van der Waals surface area contributed by atoms with Gasteiger partial charge in [0.2, 0.25) is 10.0 Å². The zero-order chi connectivity index (χ0) is 22.5. The lowest BCUT2D eigenvalue weighted by Gasteiger charge is -2.36. The molecule has 0 radical (unpaired) electrons. The van der Waals surface area contributed by atoms with E-state index in [-0.39, 0.29) is 35.1 Å². The highest BCUT2D eigenvalue weighted by molar-refractivity contribution is 7.89. The largest absolute Gasteiger partial charge is 0.452 e. The summed E-state index contributed by atoms with van der Waals surface area (Å²) in [6.45, 7) is 8.17. The van der Waals surface area contributed by atoms with Gasteiger partial charge >= 0.3 is 5.97 Å². The summed E-state index contributed by atoms with van der Waals surface area (Å²) in [4.78, 5) is 37.7. The standard InChI is InChI=1S/C21H30N2O6S/c1-14-10-15(2)13-23(12-14)21(26)17(4)29-20(25)8-9-22-30(27,28)19-7-5-6-18(11-19)16(3)24/h5-7,11,14-15,17,22H,8-10,12-13H2,1-4H3/t14-,15-,17+/m1/s1. The minimum absolute atomic E-state index is 0.0551. The van der Waals surface area contributed by atoms with Gasteiger partial charge in [0, 0.05) is 25.2 Å². The summed E-state index contributed by atoms with van der Waals surface area (Å²) in [7, 11) is -3.87. The molecule has 1 N–H and O–H groups in total. The number of nitrogens with one attached hydrogen (secondary N) is 1. The summed E-state index contributed by atoms with van der Waals surface area (Å²) < 4.78 is 32.2. The van der Waals surface area contributed by atoms with Gasteiger partial charge in [-0.1, -0.05) is 26.0 Å². The third-order valence-electron chi connectivity index (χ3n) is 5.01. The average Bonchev–Trinajstić information content (AvgIpc) is 2.66. The lowest BCUT2D eigenvalue weighted by Crippen LogP contribution is -2.47. The summed E-state index contributed by atoms with van der Waals surface area (Å²) in [6.07, 6.45) is -0.0671. The number of carbonyl (C=O) groups is 3. The van der Waals surface area contributed by atoms with Crippen LogP contribution in [0.1, 0.15) is 50.9 Å². The van der Waals surface area contributed by atoms with Gasteiger partial charge in [-0.15, -0.1) is 0 Å². The number of esters is 1. The Hall–Kier alpha value is -2.26. The van der Waals surface area contributed by atoms with Crippen LogP contribution in [0.4, 0.5) is 0 Å². The number of hydrogen-bond acceptors (Lipinski definition) is 6. The molecule has 1 aliphatic rings. The van der Waals surface area contributed by atoms with Gasteiger partial charge in [0.05, 0.1) is 11.3 Å². The van der Waals surface area contributed by atoms with Crippen LogP contribution in [-0.4, -0.2) is 56.7 Å². The van der Waals surface area contributed by atoms with Crippen LogP contribution >= 0.6 is 0 Å². The van der Waals surface area contributed by atoms with Crippen molar-refractivity contribution in [1.29, 1.82) is 0 Å². The highest BCUT2D eigenvalue weighted by atomic mass is 32.2. The van der Waals surface area contributed by atoms with Crippen LogP contribution in [0.2, 0.25) is 0 Å². The smallest absolute Gasteiger partial charge is 0.307 e. The Kier molecular flexibility index (Phi) is 8.14. The van der Waals surface area contributed by atoms with Gasteiger partial charge in [0.25, 0.3) is 5.91 Å². The summed E-state index contributed by atoms with van der Waals surface area (Å²) in [5, 5.41) is 0. The number of ketones is 1. The Labute approximate surface area is 178 Å². The summed E-state index contributed by atoms with van der Waals surface area (Å²) >= 11 is 0. The van der Waals surface area contributed by atoms with E-state index in [1.165, 1.54) is 38.1 Å². The van der Waals surface area contributed by atoms with Gasteiger partial charge in [-0.25, -0.2) is 13.1 Å². The molecule has 9 heteroatoms. The number of Topliss-reactive ketones (excluding diaryl/α,β-unsaturated/α-hetero) is 1. The van der Waals surface area contributed by atoms with Gasteiger partial charge < -0.3 is 9.64 Å². The van der Waals surface area contributed by atoms with Gasteiger partial charge in [-0.2, -0.15) is 0 Å². The predicted molar refractivity (Wildman–Crippen MR) is 111 cm³/mol. The first kappa shape index (κ1) is 24.0. The molecule has 2 rings (SSSR count). The van der Waals surface area contributed by atoms with Crippen molar-refractivity contribution in [2.75, 3.05) is 19.6 Å². The molecule has 3 atom stereocenters. The van der Waals surface area contributed by atoms with E-state index in [0.717, 1.165) is 6.42 Å². The number of likely N-dealkylation sites (tertiary alicyclic amines) is 1. The second-order valence-electron chi connectivity index (χ2n) is 8.05.